The van der Waals surface area contributed by atoms with Crippen LogP contribution in [0, 0.1) is 0 Å². The fourth-order valence-corrected chi connectivity index (χ4v) is 7.89. The van der Waals surface area contributed by atoms with E-state index in [-0.39, 0.29) is 0 Å². The first-order valence-corrected chi connectivity index (χ1v) is 14.9. The van der Waals surface area contributed by atoms with Gasteiger partial charge in [-0.2, -0.15) is 0 Å². The molecule has 0 unspecified atom stereocenters. The normalized spacial score (nSPS) is 11.9. The van der Waals surface area contributed by atoms with E-state index in [0.29, 0.717) is 0 Å². The number of hydrogen-bond donors (Lipinski definition) is 0. The third kappa shape index (κ3) is 3.46. The molecule has 0 nitrogen and oxygen atoms in total. The summed E-state index contributed by atoms with van der Waals surface area (Å²) in [5.74, 6) is 0. The second-order valence-corrected chi connectivity index (χ2v) is 12.0. The van der Waals surface area contributed by atoms with Gasteiger partial charge in [0.2, 0.25) is 0 Å². The lowest BCUT2D eigenvalue weighted by Crippen LogP contribution is -1.87. The lowest BCUT2D eigenvalue weighted by Gasteiger charge is -2.14. The number of thiophene rings is 1. The minimum absolute atomic E-state index is 1.25. The Balaban J connectivity index is 1.28. The van der Waals surface area contributed by atoms with Crippen molar-refractivity contribution in [3.63, 3.8) is 0 Å². The van der Waals surface area contributed by atoms with Gasteiger partial charge in [-0.1, -0.05) is 121 Å². The maximum Gasteiger partial charge on any atom is 0.0433 e. The molecule has 0 aliphatic carbocycles. The third-order valence-corrected chi connectivity index (χ3v) is 9.85. The van der Waals surface area contributed by atoms with Crippen molar-refractivity contribution >= 4 is 74.6 Å². The van der Waals surface area contributed by atoms with Crippen molar-refractivity contribution in [1.29, 1.82) is 0 Å². The monoisotopic (exact) mass is 536 g/mol. The fraction of sp³-hybridized carbons (Fsp3) is 0. The molecule has 0 atom stereocenters. The molecule has 0 bridgehead atoms. The molecular weight excluding hydrogens is 513 g/mol. The summed E-state index contributed by atoms with van der Waals surface area (Å²) in [5, 5.41) is 13.0. The van der Waals surface area contributed by atoms with Gasteiger partial charge in [-0.3, -0.25) is 0 Å². The van der Waals surface area contributed by atoms with Crippen molar-refractivity contribution in [2.45, 2.75) is 0 Å². The van der Waals surface area contributed by atoms with E-state index in [9.17, 15) is 0 Å². The standard InChI is InChI=1S/C40H24S/c1-2-9-26-22-27(17-16-25(26)8-1)28-18-20-33-34-21-19-29(24-38(34)32-11-4-3-10-31(32)37(33)23-28)30-13-7-14-36-35-12-5-6-15-39(35)41-40(30)36/h1-24H. The lowest BCUT2D eigenvalue weighted by molar-refractivity contribution is 1.68. The Labute approximate surface area is 241 Å². The minimum atomic E-state index is 1.25. The third-order valence-electron chi connectivity index (χ3n) is 8.63. The Bertz CT molecular complexity index is 2460. The van der Waals surface area contributed by atoms with Crippen LogP contribution in [-0.4, -0.2) is 0 Å². The van der Waals surface area contributed by atoms with Crippen LogP contribution in [0.2, 0.25) is 0 Å². The van der Waals surface area contributed by atoms with E-state index < -0.39 is 0 Å². The number of benzene rings is 8. The molecule has 1 aromatic heterocycles. The molecular formula is C40H24S. The van der Waals surface area contributed by atoms with Crippen molar-refractivity contribution in [2.75, 3.05) is 0 Å². The fourth-order valence-electron chi connectivity index (χ4n) is 6.65. The SMILES string of the molecule is c1ccc2cc(-c3ccc4c5ccc(-c6cccc7c6sc6ccccc67)cc5c5ccccc5c4c3)ccc2c1. The van der Waals surface area contributed by atoms with Crippen molar-refractivity contribution < 1.29 is 0 Å². The Morgan fingerprint density at radius 2 is 0.878 bits per heavy atom. The van der Waals surface area contributed by atoms with Gasteiger partial charge in [0.1, 0.15) is 0 Å². The summed E-state index contributed by atoms with van der Waals surface area (Å²) < 4.78 is 2.70. The van der Waals surface area contributed by atoms with Gasteiger partial charge in [0, 0.05) is 20.2 Å². The summed E-state index contributed by atoms with van der Waals surface area (Å²) in [4.78, 5) is 0. The number of rotatable bonds is 2. The van der Waals surface area contributed by atoms with Gasteiger partial charge >= 0.3 is 0 Å². The summed E-state index contributed by atoms with van der Waals surface area (Å²) in [7, 11) is 0. The molecule has 1 heterocycles. The maximum absolute atomic E-state index is 2.41. The van der Waals surface area contributed by atoms with Crippen LogP contribution in [0.1, 0.15) is 0 Å². The van der Waals surface area contributed by atoms with Gasteiger partial charge in [-0.05, 0) is 89.6 Å². The van der Waals surface area contributed by atoms with Crippen LogP contribution >= 0.6 is 11.3 Å². The minimum Gasteiger partial charge on any atom is -0.135 e. The van der Waals surface area contributed by atoms with E-state index in [1.807, 2.05) is 11.3 Å². The van der Waals surface area contributed by atoms with Crippen LogP contribution in [0.4, 0.5) is 0 Å². The predicted molar refractivity (Wildman–Crippen MR) is 180 cm³/mol. The second kappa shape index (κ2) is 8.76. The Morgan fingerprint density at radius 1 is 0.317 bits per heavy atom. The van der Waals surface area contributed by atoms with Gasteiger partial charge in [-0.25, -0.2) is 0 Å². The molecule has 0 fully saturated rings. The molecule has 0 saturated carbocycles. The van der Waals surface area contributed by atoms with Crippen molar-refractivity contribution in [3.05, 3.63) is 146 Å². The van der Waals surface area contributed by atoms with Crippen LogP contribution in [0.25, 0.3) is 85.5 Å². The van der Waals surface area contributed by atoms with E-state index in [2.05, 4.69) is 146 Å². The van der Waals surface area contributed by atoms with Gasteiger partial charge in [0.15, 0.2) is 0 Å². The molecule has 0 aliphatic rings. The molecule has 1 heteroatoms. The molecule has 190 valence electrons. The largest absolute Gasteiger partial charge is 0.135 e. The molecule has 0 amide bonds. The van der Waals surface area contributed by atoms with Crippen molar-refractivity contribution in [3.8, 4) is 22.3 Å². The first-order valence-electron chi connectivity index (χ1n) is 14.1. The van der Waals surface area contributed by atoms with Gasteiger partial charge in [0.05, 0.1) is 0 Å². The van der Waals surface area contributed by atoms with Gasteiger partial charge in [0.25, 0.3) is 0 Å². The molecule has 0 radical (unpaired) electrons. The molecule has 9 aromatic rings. The highest BCUT2D eigenvalue weighted by molar-refractivity contribution is 7.26. The summed E-state index contributed by atoms with van der Waals surface area (Å²) in [6, 6.07) is 53.8. The zero-order valence-electron chi connectivity index (χ0n) is 22.3. The number of hydrogen-bond acceptors (Lipinski definition) is 1. The molecule has 8 aromatic carbocycles. The molecule has 0 aliphatic heterocycles. The summed E-state index contributed by atoms with van der Waals surface area (Å²) >= 11 is 1.89. The summed E-state index contributed by atoms with van der Waals surface area (Å²) in [5.41, 5.74) is 5.08. The van der Waals surface area contributed by atoms with Crippen LogP contribution in [0.5, 0.6) is 0 Å². The summed E-state index contributed by atoms with van der Waals surface area (Å²) in [6.45, 7) is 0. The Kier molecular flexibility index (Phi) is 4.87. The van der Waals surface area contributed by atoms with Crippen LogP contribution < -0.4 is 0 Å². The van der Waals surface area contributed by atoms with E-state index in [1.54, 1.807) is 0 Å². The van der Waals surface area contributed by atoms with Gasteiger partial charge < -0.3 is 0 Å². The Hall–Kier alpha value is -4.98. The lowest BCUT2D eigenvalue weighted by atomic mass is 9.90. The van der Waals surface area contributed by atoms with E-state index in [4.69, 9.17) is 0 Å². The molecule has 41 heavy (non-hydrogen) atoms. The van der Waals surface area contributed by atoms with Crippen LogP contribution in [0.3, 0.4) is 0 Å². The van der Waals surface area contributed by atoms with E-state index in [0.717, 1.165) is 0 Å². The molecule has 0 N–H and O–H groups in total. The summed E-state index contributed by atoms with van der Waals surface area (Å²) in [6.07, 6.45) is 0. The van der Waals surface area contributed by atoms with E-state index in [1.165, 1.54) is 85.5 Å². The smallest absolute Gasteiger partial charge is 0.0433 e. The average molecular weight is 537 g/mol. The molecule has 9 rings (SSSR count). The van der Waals surface area contributed by atoms with Crippen molar-refractivity contribution in [2.24, 2.45) is 0 Å². The Morgan fingerprint density at radius 3 is 1.68 bits per heavy atom. The van der Waals surface area contributed by atoms with E-state index >= 15 is 0 Å². The second-order valence-electron chi connectivity index (χ2n) is 10.9. The first kappa shape index (κ1) is 22.8. The van der Waals surface area contributed by atoms with Crippen LogP contribution in [-0.2, 0) is 0 Å². The van der Waals surface area contributed by atoms with Crippen molar-refractivity contribution in [1.82, 2.24) is 0 Å². The average Bonchev–Trinajstić information content (AvgIpc) is 3.43. The zero-order valence-corrected chi connectivity index (χ0v) is 23.1. The first-order chi connectivity index (χ1) is 20.3. The highest BCUT2D eigenvalue weighted by Crippen LogP contribution is 2.43. The van der Waals surface area contributed by atoms with Crippen LogP contribution in [0.15, 0.2) is 146 Å². The number of fused-ring (bicyclic) bond motifs is 10. The quantitative estimate of drug-likeness (QED) is 0.193. The highest BCUT2D eigenvalue weighted by atomic mass is 32.1. The zero-order chi connectivity index (χ0) is 26.9. The topological polar surface area (TPSA) is 0 Å². The van der Waals surface area contributed by atoms with Gasteiger partial charge in [-0.15, -0.1) is 11.3 Å². The molecule has 0 saturated heterocycles. The predicted octanol–water partition coefficient (Wildman–Crippen LogP) is 12.0. The maximum atomic E-state index is 2.41. The molecule has 0 spiro atoms. The highest BCUT2D eigenvalue weighted by Gasteiger charge is 2.14.